The first-order chi connectivity index (χ1) is 17.0. The number of hydrogen-bond donors (Lipinski definition) is 5. The third-order valence-electron chi connectivity index (χ3n) is 8.24. The number of phenols is 1. The van der Waals surface area contributed by atoms with Crippen molar-refractivity contribution >= 4 is 28.8 Å². The maximum atomic E-state index is 13.9. The third-order valence-corrected chi connectivity index (χ3v) is 8.24. The fraction of sp³-hybridized carbons (Fsp3) is 0.444. The summed E-state index contributed by atoms with van der Waals surface area (Å²) >= 11 is 0. The Morgan fingerprint density at radius 1 is 1.14 bits per heavy atom. The van der Waals surface area contributed by atoms with Crippen LogP contribution >= 0.6 is 0 Å². The van der Waals surface area contributed by atoms with E-state index in [2.05, 4.69) is 6.08 Å². The molecule has 9 heteroatoms. The number of likely N-dealkylation sites (N-methyl/N-ethyl adjacent to an activating group) is 1. The van der Waals surface area contributed by atoms with Crippen molar-refractivity contribution in [3.05, 3.63) is 51.8 Å². The predicted octanol–water partition coefficient (Wildman–Crippen LogP) is 1.92. The lowest BCUT2D eigenvalue weighted by Gasteiger charge is -2.50. The molecular weight excluding hydrogens is 464 g/mol. The molecule has 4 aliphatic carbocycles. The number of primary amides is 1. The Morgan fingerprint density at radius 3 is 2.47 bits per heavy atom. The smallest absolute Gasteiger partial charge is 0.255 e. The maximum absolute atomic E-state index is 13.9. The van der Waals surface area contributed by atoms with Gasteiger partial charge in [0.15, 0.2) is 11.4 Å². The van der Waals surface area contributed by atoms with E-state index in [1.807, 2.05) is 6.07 Å². The number of aliphatic hydroxyl groups excluding tert-OH is 2. The van der Waals surface area contributed by atoms with Gasteiger partial charge in [0.05, 0.1) is 11.6 Å². The molecule has 1 aromatic rings. The molecule has 5 rings (SSSR count). The lowest BCUT2D eigenvalue weighted by Crippen LogP contribution is -2.65. The molecule has 0 heterocycles. The molecule has 9 nitrogen and oxygen atoms in total. The SMILES string of the molecule is CN(C)[C@@H]1C(=O)C(C(N)=O)=C(O)[C@@]2(O)C(=O)C3=C(O)c4c(O)ccc(C5=CCCCC5)c4C[C@H]3C[C@@H]12. The number of nitrogens with two attached hydrogens (primary N) is 1. The van der Waals surface area contributed by atoms with E-state index in [0.29, 0.717) is 12.0 Å². The molecule has 1 saturated carbocycles. The van der Waals surface area contributed by atoms with Crippen molar-refractivity contribution in [2.45, 2.75) is 50.2 Å². The normalized spacial score (nSPS) is 30.1. The van der Waals surface area contributed by atoms with Crippen LogP contribution in [0.2, 0.25) is 0 Å². The van der Waals surface area contributed by atoms with E-state index in [0.717, 1.165) is 36.8 Å². The van der Waals surface area contributed by atoms with Crippen LogP contribution in [0.4, 0.5) is 0 Å². The Kier molecular flexibility index (Phi) is 5.61. The summed E-state index contributed by atoms with van der Waals surface area (Å²) in [6.45, 7) is 0. The first-order valence-corrected chi connectivity index (χ1v) is 12.2. The number of hydrogen-bond acceptors (Lipinski definition) is 8. The molecular formula is C27H30N2O7. The van der Waals surface area contributed by atoms with Gasteiger partial charge in [-0.25, -0.2) is 0 Å². The van der Waals surface area contributed by atoms with Crippen molar-refractivity contribution in [3.63, 3.8) is 0 Å². The largest absolute Gasteiger partial charge is 0.508 e. The van der Waals surface area contributed by atoms with Crippen molar-refractivity contribution in [1.29, 1.82) is 0 Å². The number of amides is 1. The molecule has 0 bridgehead atoms. The molecule has 36 heavy (non-hydrogen) atoms. The Morgan fingerprint density at radius 2 is 1.86 bits per heavy atom. The van der Waals surface area contributed by atoms with Crippen molar-refractivity contribution in [1.82, 2.24) is 4.90 Å². The van der Waals surface area contributed by atoms with E-state index in [4.69, 9.17) is 5.73 Å². The van der Waals surface area contributed by atoms with Crippen molar-refractivity contribution < 1.29 is 34.8 Å². The van der Waals surface area contributed by atoms with E-state index in [9.17, 15) is 34.8 Å². The fourth-order valence-electron chi connectivity index (χ4n) is 6.63. The molecule has 0 aromatic heterocycles. The van der Waals surface area contributed by atoms with Gasteiger partial charge in [0.25, 0.3) is 5.91 Å². The van der Waals surface area contributed by atoms with E-state index in [1.165, 1.54) is 11.0 Å². The third kappa shape index (κ3) is 3.19. The molecule has 1 amide bonds. The minimum Gasteiger partial charge on any atom is -0.508 e. The number of carbonyl (C=O) groups excluding carboxylic acids is 3. The fourth-order valence-corrected chi connectivity index (χ4v) is 6.63. The van der Waals surface area contributed by atoms with E-state index in [-0.39, 0.29) is 23.3 Å². The highest BCUT2D eigenvalue weighted by Crippen LogP contribution is 2.53. The molecule has 4 atom stereocenters. The zero-order valence-corrected chi connectivity index (χ0v) is 20.2. The number of phenolic OH excluding ortho intramolecular Hbond substituents is 1. The molecule has 190 valence electrons. The van der Waals surface area contributed by atoms with Crippen LogP contribution in [0.25, 0.3) is 11.3 Å². The summed E-state index contributed by atoms with van der Waals surface area (Å²) in [7, 11) is 3.16. The van der Waals surface area contributed by atoms with Crippen LogP contribution in [0.3, 0.4) is 0 Å². The molecule has 0 spiro atoms. The van der Waals surface area contributed by atoms with Gasteiger partial charge in [-0.05, 0) is 81.3 Å². The van der Waals surface area contributed by atoms with Gasteiger partial charge < -0.3 is 26.2 Å². The number of allylic oxidation sites excluding steroid dienone is 2. The second kappa shape index (κ2) is 8.31. The molecule has 0 radical (unpaired) electrons. The van der Waals surface area contributed by atoms with Crippen LogP contribution in [0, 0.1) is 11.8 Å². The molecule has 1 fully saturated rings. The van der Waals surface area contributed by atoms with Crippen LogP contribution in [-0.4, -0.2) is 68.5 Å². The van der Waals surface area contributed by atoms with Crippen LogP contribution in [0.1, 0.15) is 48.8 Å². The molecule has 0 aliphatic heterocycles. The number of aliphatic hydroxyl groups is 3. The number of rotatable bonds is 3. The van der Waals surface area contributed by atoms with E-state index >= 15 is 0 Å². The Balaban J connectivity index is 1.72. The highest BCUT2D eigenvalue weighted by Gasteiger charge is 2.64. The Hall–Kier alpha value is -3.43. The van der Waals surface area contributed by atoms with Crippen LogP contribution in [0.15, 0.2) is 35.1 Å². The van der Waals surface area contributed by atoms with E-state index in [1.54, 1.807) is 14.1 Å². The summed E-state index contributed by atoms with van der Waals surface area (Å²) in [5.74, 6) is -6.38. The lowest BCUT2D eigenvalue weighted by atomic mass is 9.57. The highest BCUT2D eigenvalue weighted by atomic mass is 16.3. The second-order valence-electron chi connectivity index (χ2n) is 10.4. The maximum Gasteiger partial charge on any atom is 0.255 e. The zero-order chi connectivity index (χ0) is 26.1. The number of aromatic hydroxyl groups is 1. The highest BCUT2D eigenvalue weighted by molar-refractivity contribution is 6.24. The van der Waals surface area contributed by atoms with Crippen molar-refractivity contribution in [2.75, 3.05) is 14.1 Å². The first kappa shape index (κ1) is 24.3. The minimum atomic E-state index is -2.62. The van der Waals surface area contributed by atoms with Gasteiger partial charge in [0.1, 0.15) is 22.8 Å². The van der Waals surface area contributed by atoms with Gasteiger partial charge >= 0.3 is 0 Å². The quantitative estimate of drug-likeness (QED) is 0.398. The number of benzene rings is 1. The van der Waals surface area contributed by atoms with Crippen LogP contribution in [0.5, 0.6) is 5.75 Å². The number of nitrogens with zero attached hydrogens (tertiary/aromatic N) is 1. The van der Waals surface area contributed by atoms with Crippen molar-refractivity contribution in [2.24, 2.45) is 17.6 Å². The summed E-state index contributed by atoms with van der Waals surface area (Å²) < 4.78 is 0. The van der Waals surface area contributed by atoms with Crippen LogP contribution < -0.4 is 5.73 Å². The van der Waals surface area contributed by atoms with E-state index < -0.39 is 58.0 Å². The summed E-state index contributed by atoms with van der Waals surface area (Å²) in [6, 6.07) is 2.22. The number of ketones is 2. The van der Waals surface area contributed by atoms with Crippen LogP contribution in [-0.2, 0) is 20.8 Å². The van der Waals surface area contributed by atoms with Gasteiger partial charge in [0, 0.05) is 11.5 Å². The Labute approximate surface area is 208 Å². The summed E-state index contributed by atoms with van der Waals surface area (Å²) in [5, 5.41) is 44.5. The molecule has 0 unspecified atom stereocenters. The summed E-state index contributed by atoms with van der Waals surface area (Å²) in [4.78, 5) is 40.6. The zero-order valence-electron chi connectivity index (χ0n) is 20.2. The molecule has 0 saturated heterocycles. The number of Topliss-reactive ketones (excluding diaryl/α,β-unsaturated/α-hetero) is 2. The standard InChI is InChI=1S/C27H30N2O7/c1-29(2)21-16-11-13-10-15-14(12-6-4-3-5-7-12)8-9-17(30)19(15)22(31)18(13)24(33)27(16,36)25(34)20(23(21)32)26(28)35/h6,8-9,13,16,21,30-31,34,36H,3-5,7,10-11H2,1-2H3,(H2,28,35)/t13-,16-,21-,27-/m0/s1. The monoisotopic (exact) mass is 494 g/mol. The van der Waals surface area contributed by atoms with Gasteiger partial charge in [-0.1, -0.05) is 12.1 Å². The van der Waals surface area contributed by atoms with Gasteiger partial charge in [-0.3, -0.25) is 19.3 Å². The van der Waals surface area contributed by atoms with Gasteiger partial charge in [-0.2, -0.15) is 0 Å². The molecule has 4 aliphatic rings. The molecule has 1 aromatic carbocycles. The Bertz CT molecular complexity index is 1310. The number of carbonyl (C=O) groups is 3. The van der Waals surface area contributed by atoms with Gasteiger partial charge in [-0.15, -0.1) is 0 Å². The molecule has 6 N–H and O–H groups in total. The first-order valence-electron chi connectivity index (χ1n) is 12.2. The summed E-state index contributed by atoms with van der Waals surface area (Å²) in [6.07, 6.45) is 6.48. The van der Waals surface area contributed by atoms with Gasteiger partial charge in [0.2, 0.25) is 5.78 Å². The van der Waals surface area contributed by atoms with Crippen molar-refractivity contribution in [3.8, 4) is 5.75 Å². The minimum absolute atomic E-state index is 0.0832. The number of fused-ring (bicyclic) bond motifs is 3. The summed E-state index contributed by atoms with van der Waals surface area (Å²) in [5.41, 5.74) is 4.66. The second-order valence-corrected chi connectivity index (χ2v) is 10.4. The average molecular weight is 495 g/mol. The predicted molar refractivity (Wildman–Crippen MR) is 131 cm³/mol. The topological polar surface area (TPSA) is 161 Å². The lowest BCUT2D eigenvalue weighted by molar-refractivity contribution is -0.153. The average Bonchev–Trinajstić information content (AvgIpc) is 2.81.